The molecule has 0 aliphatic carbocycles. The summed E-state index contributed by atoms with van der Waals surface area (Å²) in [6.07, 6.45) is 1.88. The zero-order valence-electron chi connectivity index (χ0n) is 11.1. The number of hydroxylamine groups is 1. The number of amides is 1. The molecule has 2 aromatic carbocycles. The molecule has 0 spiro atoms. The van der Waals surface area contributed by atoms with Gasteiger partial charge >= 0.3 is 0 Å². The second kappa shape index (κ2) is 6.82. The molecule has 4 nitrogen and oxygen atoms in total. The number of hydrogen-bond acceptors (Lipinski definition) is 3. The summed E-state index contributed by atoms with van der Waals surface area (Å²) in [5.74, 6) is -0.330. The van der Waals surface area contributed by atoms with Gasteiger partial charge in [-0.25, -0.2) is 5.48 Å². The number of unbranched alkanes of at least 4 members (excludes halogenated alkanes) is 1. The smallest absolute Gasteiger partial charge is 0.243 e. The summed E-state index contributed by atoms with van der Waals surface area (Å²) >= 11 is 0. The Balaban J connectivity index is 1.92. The molecule has 0 unspecified atom stereocenters. The lowest BCUT2D eigenvalue weighted by atomic mass is 10.0. The van der Waals surface area contributed by atoms with Gasteiger partial charge in [0.25, 0.3) is 0 Å². The van der Waals surface area contributed by atoms with Crippen LogP contribution in [0.2, 0.25) is 0 Å². The predicted molar refractivity (Wildman–Crippen MR) is 76.7 cm³/mol. The van der Waals surface area contributed by atoms with Crippen LogP contribution in [0.5, 0.6) is 0 Å². The van der Waals surface area contributed by atoms with Crippen LogP contribution in [0.3, 0.4) is 0 Å². The van der Waals surface area contributed by atoms with E-state index in [2.05, 4.69) is 0 Å². The summed E-state index contributed by atoms with van der Waals surface area (Å²) in [7, 11) is 0. The van der Waals surface area contributed by atoms with Crippen LogP contribution in [0.4, 0.5) is 0 Å². The van der Waals surface area contributed by atoms with E-state index in [1.807, 2.05) is 42.5 Å². The second-order valence-electron chi connectivity index (χ2n) is 4.73. The molecule has 0 radical (unpaired) electrons. The summed E-state index contributed by atoms with van der Waals surface area (Å²) in [5.41, 5.74) is 2.29. The van der Waals surface area contributed by atoms with Crippen molar-refractivity contribution < 1.29 is 14.8 Å². The maximum Gasteiger partial charge on any atom is 0.243 e. The number of ketones is 1. The SMILES string of the molecule is O=C(CCCCC(=O)c1ccc2ccccc2c1)NO. The van der Waals surface area contributed by atoms with Gasteiger partial charge in [0.1, 0.15) is 0 Å². The first-order chi connectivity index (χ1) is 9.70. The van der Waals surface area contributed by atoms with Crippen LogP contribution in [0.15, 0.2) is 42.5 Å². The van der Waals surface area contributed by atoms with Crippen molar-refractivity contribution in [2.45, 2.75) is 25.7 Å². The van der Waals surface area contributed by atoms with Gasteiger partial charge in [0, 0.05) is 18.4 Å². The molecule has 0 saturated carbocycles. The van der Waals surface area contributed by atoms with Crippen molar-refractivity contribution in [3.8, 4) is 0 Å². The van der Waals surface area contributed by atoms with Crippen LogP contribution in [0.25, 0.3) is 10.8 Å². The molecular formula is C16H17NO3. The van der Waals surface area contributed by atoms with Crippen molar-refractivity contribution in [1.29, 1.82) is 0 Å². The molecule has 2 N–H and O–H groups in total. The Hall–Kier alpha value is -2.20. The first kappa shape index (κ1) is 14.2. The zero-order chi connectivity index (χ0) is 14.4. The Morgan fingerprint density at radius 1 is 0.950 bits per heavy atom. The maximum absolute atomic E-state index is 12.1. The van der Waals surface area contributed by atoms with Crippen molar-refractivity contribution in [3.05, 3.63) is 48.0 Å². The van der Waals surface area contributed by atoms with E-state index < -0.39 is 5.91 Å². The molecule has 0 aromatic heterocycles. The minimum atomic E-state index is -0.414. The van der Waals surface area contributed by atoms with Crippen molar-refractivity contribution in [1.82, 2.24) is 5.48 Å². The number of fused-ring (bicyclic) bond motifs is 1. The number of rotatable bonds is 6. The van der Waals surface area contributed by atoms with Crippen LogP contribution in [0, 0.1) is 0 Å². The fourth-order valence-electron chi connectivity index (χ4n) is 2.13. The lowest BCUT2D eigenvalue weighted by Crippen LogP contribution is -2.17. The monoisotopic (exact) mass is 271 g/mol. The standard InChI is InChI=1S/C16H17NO3/c18-15(7-3-4-8-16(19)17-20)14-10-9-12-5-1-2-6-13(12)11-14/h1-2,5-6,9-11,20H,3-4,7-8H2,(H,17,19). The summed E-state index contributed by atoms with van der Waals surface area (Å²) in [4.78, 5) is 22.9. The Morgan fingerprint density at radius 2 is 1.65 bits per heavy atom. The largest absolute Gasteiger partial charge is 0.294 e. The predicted octanol–water partition coefficient (Wildman–Crippen LogP) is 3.09. The number of nitrogens with one attached hydrogen (secondary N) is 1. The van der Waals surface area contributed by atoms with Crippen molar-refractivity contribution >= 4 is 22.5 Å². The first-order valence-corrected chi connectivity index (χ1v) is 6.65. The summed E-state index contributed by atoms with van der Waals surface area (Å²) < 4.78 is 0. The number of benzene rings is 2. The van der Waals surface area contributed by atoms with Crippen LogP contribution < -0.4 is 5.48 Å². The molecule has 0 aliphatic rings. The Labute approximate surface area is 117 Å². The van der Waals surface area contributed by atoms with E-state index in [1.54, 1.807) is 5.48 Å². The van der Waals surface area contributed by atoms with E-state index in [4.69, 9.17) is 5.21 Å². The Morgan fingerprint density at radius 3 is 2.40 bits per heavy atom. The van der Waals surface area contributed by atoms with E-state index in [9.17, 15) is 9.59 Å². The maximum atomic E-state index is 12.1. The zero-order valence-corrected chi connectivity index (χ0v) is 11.1. The quantitative estimate of drug-likeness (QED) is 0.367. The lowest BCUT2D eigenvalue weighted by molar-refractivity contribution is -0.129. The molecule has 0 aliphatic heterocycles. The van der Waals surface area contributed by atoms with Gasteiger partial charge < -0.3 is 0 Å². The third kappa shape index (κ3) is 3.65. The van der Waals surface area contributed by atoms with Gasteiger partial charge in [0.2, 0.25) is 5.91 Å². The minimum Gasteiger partial charge on any atom is -0.294 e. The highest BCUT2D eigenvalue weighted by Crippen LogP contribution is 2.17. The fraction of sp³-hybridized carbons (Fsp3) is 0.250. The van der Waals surface area contributed by atoms with Gasteiger partial charge in [-0.3, -0.25) is 14.8 Å². The molecule has 0 heterocycles. The van der Waals surface area contributed by atoms with Gasteiger partial charge in [-0.05, 0) is 29.7 Å². The number of carbonyl (C=O) groups is 2. The van der Waals surface area contributed by atoms with E-state index >= 15 is 0 Å². The van der Waals surface area contributed by atoms with Gasteiger partial charge in [0.15, 0.2) is 5.78 Å². The summed E-state index contributed by atoms with van der Waals surface area (Å²) in [6, 6.07) is 13.6. The third-order valence-corrected chi connectivity index (χ3v) is 3.25. The van der Waals surface area contributed by atoms with Crippen LogP contribution >= 0.6 is 0 Å². The van der Waals surface area contributed by atoms with Gasteiger partial charge in [-0.2, -0.15) is 0 Å². The number of hydrogen-bond donors (Lipinski definition) is 2. The van der Waals surface area contributed by atoms with Gasteiger partial charge in [-0.15, -0.1) is 0 Å². The van der Waals surface area contributed by atoms with Crippen molar-refractivity contribution in [2.24, 2.45) is 0 Å². The van der Waals surface area contributed by atoms with E-state index in [1.165, 1.54) is 0 Å². The van der Waals surface area contributed by atoms with Crippen molar-refractivity contribution in [3.63, 3.8) is 0 Å². The molecule has 2 aromatic rings. The summed E-state index contributed by atoms with van der Waals surface area (Å²) in [6.45, 7) is 0. The van der Waals surface area contributed by atoms with E-state index in [0.717, 1.165) is 10.8 Å². The molecular weight excluding hydrogens is 254 g/mol. The lowest BCUT2D eigenvalue weighted by Gasteiger charge is -2.03. The van der Waals surface area contributed by atoms with Gasteiger partial charge in [-0.1, -0.05) is 36.4 Å². The highest BCUT2D eigenvalue weighted by Gasteiger charge is 2.07. The molecule has 1 amide bonds. The Kier molecular flexibility index (Phi) is 4.85. The average molecular weight is 271 g/mol. The fourth-order valence-corrected chi connectivity index (χ4v) is 2.13. The number of Topliss-reactive ketones (excluding diaryl/α,β-unsaturated/α-hetero) is 1. The van der Waals surface area contributed by atoms with E-state index in [-0.39, 0.29) is 12.2 Å². The Bertz CT molecular complexity index is 622. The average Bonchev–Trinajstić information content (AvgIpc) is 2.50. The van der Waals surface area contributed by atoms with Gasteiger partial charge in [0.05, 0.1) is 0 Å². The van der Waals surface area contributed by atoms with Crippen molar-refractivity contribution in [2.75, 3.05) is 0 Å². The highest BCUT2D eigenvalue weighted by molar-refractivity contribution is 5.99. The number of carbonyl (C=O) groups excluding carboxylic acids is 2. The third-order valence-electron chi connectivity index (χ3n) is 3.25. The van der Waals surface area contributed by atoms with Crippen LogP contribution in [0.1, 0.15) is 36.0 Å². The molecule has 0 bridgehead atoms. The van der Waals surface area contributed by atoms with E-state index in [0.29, 0.717) is 24.8 Å². The van der Waals surface area contributed by atoms with Crippen LogP contribution in [-0.4, -0.2) is 16.9 Å². The normalized spacial score (nSPS) is 10.4. The van der Waals surface area contributed by atoms with Crippen LogP contribution in [-0.2, 0) is 4.79 Å². The minimum absolute atomic E-state index is 0.0835. The molecule has 0 atom stereocenters. The molecule has 0 fully saturated rings. The second-order valence-corrected chi connectivity index (χ2v) is 4.73. The molecule has 20 heavy (non-hydrogen) atoms. The molecule has 0 saturated heterocycles. The molecule has 2 rings (SSSR count). The topological polar surface area (TPSA) is 66.4 Å². The first-order valence-electron chi connectivity index (χ1n) is 6.65. The molecule has 104 valence electrons. The highest BCUT2D eigenvalue weighted by atomic mass is 16.5. The summed E-state index contributed by atoms with van der Waals surface area (Å²) in [5, 5.41) is 10.5. The molecule has 4 heteroatoms.